The van der Waals surface area contributed by atoms with Crippen LogP contribution in [0.5, 0.6) is 0 Å². The van der Waals surface area contributed by atoms with Gasteiger partial charge in [0, 0.05) is 19.1 Å². The van der Waals surface area contributed by atoms with Gasteiger partial charge >= 0.3 is 0 Å². The predicted octanol–water partition coefficient (Wildman–Crippen LogP) is 2.26. The van der Waals surface area contributed by atoms with Gasteiger partial charge in [-0.25, -0.2) is 4.98 Å². The fraction of sp³-hybridized carbons (Fsp3) is 0.526. The van der Waals surface area contributed by atoms with E-state index in [-0.39, 0.29) is 18.0 Å². The van der Waals surface area contributed by atoms with Crippen molar-refractivity contribution in [2.75, 3.05) is 13.1 Å². The van der Waals surface area contributed by atoms with Crippen molar-refractivity contribution in [1.29, 1.82) is 0 Å². The average molecular weight is 341 g/mol. The number of aromatic nitrogens is 3. The van der Waals surface area contributed by atoms with Crippen molar-refractivity contribution in [2.45, 2.75) is 45.3 Å². The van der Waals surface area contributed by atoms with Gasteiger partial charge in [0.2, 0.25) is 5.91 Å². The number of nitrogens with one attached hydrogen (secondary N) is 1. The number of carbonyl (C=O) groups is 1. The van der Waals surface area contributed by atoms with Gasteiger partial charge in [-0.3, -0.25) is 14.4 Å². The molecule has 1 aliphatic heterocycles. The van der Waals surface area contributed by atoms with E-state index in [1.54, 1.807) is 12.7 Å². The second kappa shape index (κ2) is 8.25. The lowest BCUT2D eigenvalue weighted by Gasteiger charge is -2.38. The molecular weight excluding hydrogens is 314 g/mol. The molecule has 134 valence electrons. The first-order chi connectivity index (χ1) is 12.1. The lowest BCUT2D eigenvalue weighted by molar-refractivity contribution is -0.128. The Morgan fingerprint density at radius 1 is 1.32 bits per heavy atom. The largest absolute Gasteiger partial charge is 0.352 e. The van der Waals surface area contributed by atoms with Crippen LogP contribution >= 0.6 is 0 Å². The highest BCUT2D eigenvalue weighted by atomic mass is 16.2. The van der Waals surface area contributed by atoms with E-state index >= 15 is 0 Å². The standard InChI is InChI=1S/C19H27N5O/c1-15(2)22-19(25)18(17-8-4-3-5-9-17)23-10-6-7-16(11-23)12-24-14-20-13-21-24/h3-5,8-9,13-16,18H,6-7,10-12H2,1-2H3,(H,22,25)/t16-,18-/m1/s1. The van der Waals surface area contributed by atoms with E-state index in [1.807, 2.05) is 48.9 Å². The van der Waals surface area contributed by atoms with Gasteiger partial charge < -0.3 is 5.32 Å². The molecular formula is C19H27N5O. The van der Waals surface area contributed by atoms with Crippen molar-refractivity contribution >= 4 is 5.91 Å². The molecule has 1 amide bonds. The molecule has 0 spiro atoms. The summed E-state index contributed by atoms with van der Waals surface area (Å²) in [6, 6.07) is 9.99. The Morgan fingerprint density at radius 3 is 2.80 bits per heavy atom. The van der Waals surface area contributed by atoms with Crippen LogP contribution in [0.2, 0.25) is 0 Å². The maximum atomic E-state index is 12.9. The molecule has 25 heavy (non-hydrogen) atoms. The summed E-state index contributed by atoms with van der Waals surface area (Å²) in [6.07, 6.45) is 5.59. The van der Waals surface area contributed by atoms with Gasteiger partial charge in [-0.1, -0.05) is 30.3 Å². The predicted molar refractivity (Wildman–Crippen MR) is 96.8 cm³/mol. The Labute approximate surface area is 149 Å². The van der Waals surface area contributed by atoms with Crippen LogP contribution in [0.4, 0.5) is 0 Å². The zero-order valence-electron chi connectivity index (χ0n) is 15.0. The van der Waals surface area contributed by atoms with E-state index in [9.17, 15) is 4.79 Å². The van der Waals surface area contributed by atoms with Crippen molar-refractivity contribution < 1.29 is 4.79 Å². The van der Waals surface area contributed by atoms with Gasteiger partial charge in [0.05, 0.1) is 0 Å². The molecule has 6 heteroatoms. The monoisotopic (exact) mass is 341 g/mol. The van der Waals surface area contributed by atoms with Crippen LogP contribution in [-0.4, -0.2) is 44.7 Å². The van der Waals surface area contributed by atoms with Gasteiger partial charge in [-0.2, -0.15) is 5.10 Å². The van der Waals surface area contributed by atoms with Gasteiger partial charge in [-0.05, 0) is 44.7 Å². The molecule has 1 fully saturated rings. The van der Waals surface area contributed by atoms with E-state index < -0.39 is 0 Å². The number of rotatable bonds is 6. The van der Waals surface area contributed by atoms with Crippen LogP contribution in [0.3, 0.4) is 0 Å². The smallest absolute Gasteiger partial charge is 0.242 e. The van der Waals surface area contributed by atoms with E-state index in [2.05, 4.69) is 20.3 Å². The van der Waals surface area contributed by atoms with Gasteiger partial charge in [-0.15, -0.1) is 0 Å². The fourth-order valence-electron chi connectivity index (χ4n) is 3.60. The molecule has 1 aromatic heterocycles. The highest BCUT2D eigenvalue weighted by molar-refractivity contribution is 5.83. The summed E-state index contributed by atoms with van der Waals surface area (Å²) in [5.74, 6) is 0.566. The summed E-state index contributed by atoms with van der Waals surface area (Å²) in [5, 5.41) is 7.31. The molecule has 3 rings (SSSR count). The molecule has 0 bridgehead atoms. The SMILES string of the molecule is CC(C)NC(=O)[C@@H](c1ccccc1)N1CCC[C@@H](Cn2cncn2)C1. The normalized spacial score (nSPS) is 19.7. The molecule has 6 nitrogen and oxygen atoms in total. The van der Waals surface area contributed by atoms with Crippen molar-refractivity contribution in [3.05, 3.63) is 48.5 Å². The van der Waals surface area contributed by atoms with E-state index in [0.29, 0.717) is 5.92 Å². The fourth-order valence-corrected chi connectivity index (χ4v) is 3.60. The second-order valence-electron chi connectivity index (χ2n) is 7.10. The molecule has 0 saturated carbocycles. The number of amides is 1. The Hall–Kier alpha value is -2.21. The lowest BCUT2D eigenvalue weighted by atomic mass is 9.94. The highest BCUT2D eigenvalue weighted by Gasteiger charge is 2.32. The number of hydrogen-bond donors (Lipinski definition) is 1. The number of carbonyl (C=O) groups excluding carboxylic acids is 1. The first kappa shape index (κ1) is 17.6. The molecule has 2 atom stereocenters. The highest BCUT2D eigenvalue weighted by Crippen LogP contribution is 2.28. The summed E-state index contributed by atoms with van der Waals surface area (Å²) in [7, 11) is 0. The van der Waals surface area contributed by atoms with Crippen LogP contribution in [0, 0.1) is 5.92 Å². The zero-order chi connectivity index (χ0) is 17.6. The summed E-state index contributed by atoms with van der Waals surface area (Å²) in [4.78, 5) is 19.2. The third-order valence-corrected chi connectivity index (χ3v) is 4.62. The Morgan fingerprint density at radius 2 is 2.12 bits per heavy atom. The van der Waals surface area contributed by atoms with Crippen molar-refractivity contribution in [3.63, 3.8) is 0 Å². The minimum absolute atomic E-state index is 0.0857. The topological polar surface area (TPSA) is 63.1 Å². The maximum absolute atomic E-state index is 12.9. The number of piperidine rings is 1. The Bertz CT molecular complexity index is 656. The van der Waals surface area contributed by atoms with Crippen LogP contribution in [-0.2, 0) is 11.3 Å². The number of nitrogens with zero attached hydrogens (tertiary/aromatic N) is 4. The van der Waals surface area contributed by atoms with Gasteiger partial charge in [0.25, 0.3) is 0 Å². The first-order valence-electron chi connectivity index (χ1n) is 9.05. The zero-order valence-corrected chi connectivity index (χ0v) is 15.0. The van der Waals surface area contributed by atoms with Crippen molar-refractivity contribution in [1.82, 2.24) is 25.0 Å². The van der Waals surface area contributed by atoms with Crippen molar-refractivity contribution in [3.8, 4) is 0 Å². The molecule has 0 unspecified atom stereocenters. The first-order valence-corrected chi connectivity index (χ1v) is 9.05. The van der Waals surface area contributed by atoms with E-state index in [1.165, 1.54) is 0 Å². The summed E-state index contributed by atoms with van der Waals surface area (Å²) < 4.78 is 1.89. The molecule has 0 aliphatic carbocycles. The Kier molecular flexibility index (Phi) is 5.81. The molecule has 0 radical (unpaired) electrons. The maximum Gasteiger partial charge on any atom is 0.242 e. The van der Waals surface area contributed by atoms with E-state index in [0.717, 1.165) is 38.0 Å². The second-order valence-corrected chi connectivity index (χ2v) is 7.10. The van der Waals surface area contributed by atoms with Gasteiger partial charge in [0.1, 0.15) is 18.7 Å². The van der Waals surface area contributed by atoms with Crippen LogP contribution in [0.1, 0.15) is 38.3 Å². The minimum atomic E-state index is -0.234. The molecule has 1 saturated heterocycles. The van der Waals surface area contributed by atoms with Crippen LogP contribution < -0.4 is 5.32 Å². The third-order valence-electron chi connectivity index (χ3n) is 4.62. The summed E-state index contributed by atoms with van der Waals surface area (Å²) in [6.45, 7) is 6.70. The van der Waals surface area contributed by atoms with Gasteiger partial charge in [0.15, 0.2) is 0 Å². The lowest BCUT2D eigenvalue weighted by Crippen LogP contribution is -2.47. The molecule has 1 aliphatic rings. The van der Waals surface area contributed by atoms with Crippen LogP contribution in [0.15, 0.2) is 43.0 Å². The number of likely N-dealkylation sites (tertiary alicyclic amines) is 1. The summed E-state index contributed by atoms with van der Waals surface area (Å²) in [5.41, 5.74) is 1.06. The van der Waals surface area contributed by atoms with E-state index in [4.69, 9.17) is 0 Å². The molecule has 2 heterocycles. The Balaban J connectivity index is 1.76. The quantitative estimate of drug-likeness (QED) is 0.875. The average Bonchev–Trinajstić information content (AvgIpc) is 3.09. The third kappa shape index (κ3) is 4.66. The van der Waals surface area contributed by atoms with Crippen LogP contribution in [0.25, 0.3) is 0 Å². The molecule has 1 aromatic carbocycles. The number of hydrogen-bond acceptors (Lipinski definition) is 4. The van der Waals surface area contributed by atoms with Crippen molar-refractivity contribution in [2.24, 2.45) is 5.92 Å². The summed E-state index contributed by atoms with van der Waals surface area (Å²) >= 11 is 0. The molecule has 1 N–H and O–H groups in total. The minimum Gasteiger partial charge on any atom is -0.352 e. The number of benzene rings is 1. The molecule has 2 aromatic rings.